The summed E-state index contributed by atoms with van der Waals surface area (Å²) >= 11 is 0. The van der Waals surface area contributed by atoms with Crippen molar-refractivity contribution < 1.29 is 0 Å². The minimum Gasteiger partial charge on any atom is -0.291 e. The van der Waals surface area contributed by atoms with Crippen molar-refractivity contribution >= 4 is 24.8 Å². The molecule has 0 aliphatic carbocycles. The van der Waals surface area contributed by atoms with E-state index in [1.165, 1.54) is 26.1 Å². The largest absolute Gasteiger partial charge is 0.291 e. The van der Waals surface area contributed by atoms with Gasteiger partial charge in [-0.2, -0.15) is 0 Å². The Morgan fingerprint density at radius 2 is 1.75 bits per heavy atom. The molecule has 0 aromatic carbocycles. The molecule has 0 spiro atoms. The van der Waals surface area contributed by atoms with Gasteiger partial charge in [-0.05, 0) is 26.6 Å². The molecule has 1 aliphatic rings. The average Bonchev–Trinajstić information content (AvgIpc) is 1.96. The predicted octanol–water partition coefficient (Wildman–Crippen LogP) is 1.83. The molecule has 12 heavy (non-hydrogen) atoms. The highest BCUT2D eigenvalue weighted by Crippen LogP contribution is 2.17. The van der Waals surface area contributed by atoms with Crippen LogP contribution in [0.5, 0.6) is 0 Å². The van der Waals surface area contributed by atoms with E-state index < -0.39 is 0 Å². The Morgan fingerprint density at radius 3 is 1.83 bits per heavy atom. The first-order chi connectivity index (χ1) is 4.79. The number of hydrogen-bond acceptors (Lipinski definition) is 2. The summed E-state index contributed by atoms with van der Waals surface area (Å²) in [5, 5.41) is 0. The van der Waals surface area contributed by atoms with E-state index in [0.29, 0.717) is 0 Å². The maximum absolute atomic E-state index is 2.50. The maximum atomic E-state index is 2.50. The van der Waals surface area contributed by atoms with Crippen LogP contribution >= 0.6 is 24.8 Å². The van der Waals surface area contributed by atoms with Gasteiger partial charge in [0.25, 0.3) is 0 Å². The molecule has 0 saturated carbocycles. The summed E-state index contributed by atoms with van der Waals surface area (Å²) in [5.74, 6) is 0. The van der Waals surface area contributed by atoms with Crippen LogP contribution in [0.25, 0.3) is 0 Å². The molecule has 0 aromatic rings. The Bertz CT molecular complexity index is 104. The molecule has 1 aliphatic heterocycles. The average molecular weight is 215 g/mol. The van der Waals surface area contributed by atoms with Crippen LogP contribution in [-0.4, -0.2) is 42.6 Å². The van der Waals surface area contributed by atoms with Gasteiger partial charge in [-0.1, -0.05) is 13.8 Å². The van der Waals surface area contributed by atoms with E-state index in [4.69, 9.17) is 0 Å². The van der Waals surface area contributed by atoms with Crippen LogP contribution in [-0.2, 0) is 0 Å². The van der Waals surface area contributed by atoms with Crippen LogP contribution in [0.15, 0.2) is 0 Å². The predicted molar refractivity (Wildman–Crippen MR) is 58.5 cm³/mol. The lowest BCUT2D eigenvalue weighted by Crippen LogP contribution is -2.55. The van der Waals surface area contributed by atoms with Crippen molar-refractivity contribution in [2.24, 2.45) is 0 Å². The number of rotatable bonds is 3. The van der Waals surface area contributed by atoms with Gasteiger partial charge < -0.3 is 0 Å². The zero-order chi connectivity index (χ0) is 7.56. The van der Waals surface area contributed by atoms with Crippen molar-refractivity contribution in [3.63, 3.8) is 0 Å². The second-order valence-corrected chi connectivity index (χ2v) is 2.97. The summed E-state index contributed by atoms with van der Waals surface area (Å²) in [6, 6.07) is 0. The molecule has 2 nitrogen and oxygen atoms in total. The van der Waals surface area contributed by atoms with E-state index >= 15 is 0 Å². The summed E-state index contributed by atoms with van der Waals surface area (Å²) in [7, 11) is 2.20. The van der Waals surface area contributed by atoms with Gasteiger partial charge in [-0.15, -0.1) is 24.8 Å². The third-order valence-corrected chi connectivity index (χ3v) is 2.48. The molecule has 1 saturated heterocycles. The first-order valence-electron chi connectivity index (χ1n) is 4.23. The quantitative estimate of drug-likeness (QED) is 0.708. The fourth-order valence-electron chi connectivity index (χ4n) is 1.61. The van der Waals surface area contributed by atoms with E-state index in [2.05, 4.69) is 30.7 Å². The molecular formula is C8H20Cl2N2. The van der Waals surface area contributed by atoms with Gasteiger partial charge in [0, 0.05) is 6.54 Å². The lowest BCUT2D eigenvalue weighted by molar-refractivity contribution is -0.00934. The van der Waals surface area contributed by atoms with E-state index in [0.717, 1.165) is 6.17 Å². The van der Waals surface area contributed by atoms with Crippen LogP contribution in [0, 0.1) is 0 Å². The van der Waals surface area contributed by atoms with Crippen molar-refractivity contribution in [1.29, 1.82) is 0 Å². The van der Waals surface area contributed by atoms with Crippen LogP contribution < -0.4 is 0 Å². The molecule has 0 aromatic heterocycles. The molecule has 1 rings (SSSR count). The van der Waals surface area contributed by atoms with Crippen LogP contribution in [0.4, 0.5) is 0 Å². The Hall–Kier alpha value is 0.500. The first-order valence-corrected chi connectivity index (χ1v) is 4.23. The Labute approximate surface area is 88.1 Å². The van der Waals surface area contributed by atoms with E-state index in [1.807, 2.05) is 0 Å². The lowest BCUT2D eigenvalue weighted by atomic mass is 10.1. The van der Waals surface area contributed by atoms with Gasteiger partial charge in [0.05, 0.1) is 6.17 Å². The maximum Gasteiger partial charge on any atom is 0.0632 e. The van der Waals surface area contributed by atoms with E-state index in [1.54, 1.807) is 0 Å². The molecule has 0 radical (unpaired) electrons. The lowest BCUT2D eigenvalue weighted by Gasteiger charge is -2.44. The highest BCUT2D eigenvalue weighted by Gasteiger charge is 2.27. The Morgan fingerprint density at radius 1 is 1.25 bits per heavy atom. The fraction of sp³-hybridized carbons (Fsp3) is 1.00. The number of likely N-dealkylation sites (tertiary alicyclic amines) is 1. The fourth-order valence-corrected chi connectivity index (χ4v) is 1.61. The molecule has 0 N–H and O–H groups in total. The van der Waals surface area contributed by atoms with Crippen LogP contribution in [0.3, 0.4) is 0 Å². The summed E-state index contributed by atoms with van der Waals surface area (Å²) in [5.41, 5.74) is 0. The molecule has 0 amide bonds. The Balaban J connectivity index is 0. The highest BCUT2D eigenvalue weighted by molar-refractivity contribution is 5.85. The van der Waals surface area contributed by atoms with Gasteiger partial charge in [-0.25, -0.2) is 0 Å². The zero-order valence-electron chi connectivity index (χ0n) is 8.12. The van der Waals surface area contributed by atoms with Gasteiger partial charge >= 0.3 is 0 Å². The SMILES string of the molecule is CCN(CC)C1CCN1C.Cl.Cl. The molecule has 1 atom stereocenters. The normalized spacial score (nSPS) is 22.5. The number of halogens is 2. The molecule has 76 valence electrons. The van der Waals surface area contributed by atoms with E-state index in [-0.39, 0.29) is 24.8 Å². The van der Waals surface area contributed by atoms with E-state index in [9.17, 15) is 0 Å². The molecule has 1 heterocycles. The van der Waals surface area contributed by atoms with Crippen molar-refractivity contribution in [2.45, 2.75) is 26.4 Å². The smallest absolute Gasteiger partial charge is 0.0632 e. The number of nitrogens with zero attached hydrogens (tertiary/aromatic N) is 2. The van der Waals surface area contributed by atoms with Crippen molar-refractivity contribution in [3.05, 3.63) is 0 Å². The van der Waals surface area contributed by atoms with Gasteiger partial charge in [0.15, 0.2) is 0 Å². The zero-order valence-corrected chi connectivity index (χ0v) is 9.75. The van der Waals surface area contributed by atoms with Gasteiger partial charge in [0.2, 0.25) is 0 Å². The standard InChI is InChI=1S/C8H18N2.2ClH/c1-4-10(5-2)8-6-7-9(8)3;;/h8H,4-7H2,1-3H3;2*1H. The molecule has 1 fully saturated rings. The minimum atomic E-state index is 0. The molecular weight excluding hydrogens is 195 g/mol. The van der Waals surface area contributed by atoms with Crippen molar-refractivity contribution in [3.8, 4) is 0 Å². The number of hydrogen-bond donors (Lipinski definition) is 0. The van der Waals surface area contributed by atoms with Gasteiger partial charge in [0.1, 0.15) is 0 Å². The van der Waals surface area contributed by atoms with Gasteiger partial charge in [-0.3, -0.25) is 9.80 Å². The first kappa shape index (κ1) is 15.0. The van der Waals surface area contributed by atoms with Crippen LogP contribution in [0.2, 0.25) is 0 Å². The third-order valence-electron chi connectivity index (χ3n) is 2.48. The summed E-state index contributed by atoms with van der Waals surface area (Å²) < 4.78 is 0. The Kier molecular flexibility index (Phi) is 8.69. The summed E-state index contributed by atoms with van der Waals surface area (Å²) in [6.07, 6.45) is 2.10. The summed E-state index contributed by atoms with van der Waals surface area (Å²) in [4.78, 5) is 4.91. The molecule has 1 unspecified atom stereocenters. The molecule has 4 heteroatoms. The van der Waals surface area contributed by atoms with Crippen LogP contribution in [0.1, 0.15) is 20.3 Å². The second-order valence-electron chi connectivity index (χ2n) is 2.97. The third kappa shape index (κ3) is 3.09. The van der Waals surface area contributed by atoms with Crippen molar-refractivity contribution in [2.75, 3.05) is 26.7 Å². The molecule has 0 bridgehead atoms. The topological polar surface area (TPSA) is 6.48 Å². The second kappa shape index (κ2) is 6.96. The monoisotopic (exact) mass is 214 g/mol. The summed E-state index contributed by atoms with van der Waals surface area (Å²) in [6.45, 7) is 8.11. The van der Waals surface area contributed by atoms with Crippen molar-refractivity contribution in [1.82, 2.24) is 9.80 Å². The highest BCUT2D eigenvalue weighted by atomic mass is 35.5. The minimum absolute atomic E-state index is 0.